The first kappa shape index (κ1) is 15.0. The van der Waals surface area contributed by atoms with Gasteiger partial charge in [0.2, 0.25) is 0 Å². The Labute approximate surface area is 125 Å². The van der Waals surface area contributed by atoms with Gasteiger partial charge < -0.3 is 10.2 Å². The predicted octanol–water partition coefficient (Wildman–Crippen LogP) is 3.63. The summed E-state index contributed by atoms with van der Waals surface area (Å²) >= 11 is 3.65. The third-order valence-corrected chi connectivity index (χ3v) is 4.67. The van der Waals surface area contributed by atoms with E-state index in [1.54, 1.807) is 0 Å². The molecule has 0 radical (unpaired) electrons. The van der Waals surface area contributed by atoms with Crippen molar-refractivity contribution < 1.29 is 0 Å². The standard InChI is InChI=1S/C16H25BrN2/c1-19(2)10-6-5-9-18-14-11-13(12-14)15-7-3-4-8-16(15)17/h3-4,7-8,13-14,18H,5-6,9-12H2,1-2H3. The number of nitrogens with zero attached hydrogens (tertiary/aromatic N) is 1. The summed E-state index contributed by atoms with van der Waals surface area (Å²) in [7, 11) is 4.28. The molecule has 1 aliphatic carbocycles. The molecule has 1 aliphatic rings. The number of nitrogens with one attached hydrogen (secondary N) is 1. The summed E-state index contributed by atoms with van der Waals surface area (Å²) in [5.41, 5.74) is 1.48. The number of unbranched alkanes of at least 4 members (excludes halogenated alkanes) is 1. The van der Waals surface area contributed by atoms with Gasteiger partial charge in [-0.1, -0.05) is 34.1 Å². The van der Waals surface area contributed by atoms with E-state index < -0.39 is 0 Å². The average Bonchev–Trinajstić information content (AvgIpc) is 2.32. The fourth-order valence-electron chi connectivity index (χ4n) is 2.70. The molecule has 0 unspecified atom stereocenters. The van der Waals surface area contributed by atoms with Gasteiger partial charge >= 0.3 is 0 Å². The summed E-state index contributed by atoms with van der Waals surface area (Å²) in [6, 6.07) is 9.37. The molecule has 19 heavy (non-hydrogen) atoms. The van der Waals surface area contributed by atoms with E-state index in [9.17, 15) is 0 Å². The smallest absolute Gasteiger partial charge is 0.0210 e. The highest BCUT2D eigenvalue weighted by Crippen LogP contribution is 2.39. The van der Waals surface area contributed by atoms with Crippen molar-refractivity contribution in [3.05, 3.63) is 34.3 Å². The van der Waals surface area contributed by atoms with Crippen LogP contribution in [0.1, 0.15) is 37.2 Å². The lowest BCUT2D eigenvalue weighted by Crippen LogP contribution is -2.40. The van der Waals surface area contributed by atoms with Crippen molar-refractivity contribution in [2.24, 2.45) is 0 Å². The topological polar surface area (TPSA) is 15.3 Å². The zero-order chi connectivity index (χ0) is 13.7. The highest BCUT2D eigenvalue weighted by Gasteiger charge is 2.30. The van der Waals surface area contributed by atoms with Gasteiger partial charge in [-0.05, 0) is 70.4 Å². The molecule has 0 atom stereocenters. The van der Waals surface area contributed by atoms with E-state index in [1.807, 2.05) is 0 Å². The van der Waals surface area contributed by atoms with Crippen molar-refractivity contribution in [3.63, 3.8) is 0 Å². The normalized spacial score (nSPS) is 22.5. The molecular formula is C16H25BrN2. The van der Waals surface area contributed by atoms with Gasteiger partial charge in [-0.3, -0.25) is 0 Å². The van der Waals surface area contributed by atoms with Gasteiger partial charge in [0, 0.05) is 10.5 Å². The van der Waals surface area contributed by atoms with Gasteiger partial charge in [-0.15, -0.1) is 0 Å². The Kier molecular flexibility index (Phi) is 5.86. The minimum atomic E-state index is 0.733. The molecule has 106 valence electrons. The van der Waals surface area contributed by atoms with Crippen molar-refractivity contribution >= 4 is 15.9 Å². The van der Waals surface area contributed by atoms with Crippen molar-refractivity contribution in [1.29, 1.82) is 0 Å². The second-order valence-corrected chi connectivity index (χ2v) is 6.71. The number of hydrogen-bond donors (Lipinski definition) is 1. The number of halogens is 1. The predicted molar refractivity (Wildman–Crippen MR) is 85.7 cm³/mol. The quantitative estimate of drug-likeness (QED) is 0.770. The highest BCUT2D eigenvalue weighted by atomic mass is 79.9. The van der Waals surface area contributed by atoms with Crippen LogP contribution >= 0.6 is 15.9 Å². The molecular weight excluding hydrogens is 300 g/mol. The molecule has 0 spiro atoms. The van der Waals surface area contributed by atoms with Gasteiger partial charge in [-0.2, -0.15) is 0 Å². The van der Waals surface area contributed by atoms with Gasteiger partial charge in [0.25, 0.3) is 0 Å². The maximum atomic E-state index is 3.68. The molecule has 0 amide bonds. The van der Waals surface area contributed by atoms with Crippen LogP contribution in [0.4, 0.5) is 0 Å². The van der Waals surface area contributed by atoms with E-state index in [0.717, 1.165) is 12.0 Å². The molecule has 1 saturated carbocycles. The van der Waals surface area contributed by atoms with E-state index in [-0.39, 0.29) is 0 Å². The van der Waals surface area contributed by atoms with Crippen LogP contribution in [0.2, 0.25) is 0 Å². The van der Waals surface area contributed by atoms with Crippen LogP contribution < -0.4 is 5.32 Å². The maximum Gasteiger partial charge on any atom is 0.0210 e. The van der Waals surface area contributed by atoms with Crippen LogP contribution in [0.15, 0.2) is 28.7 Å². The fourth-order valence-corrected chi connectivity index (χ4v) is 3.31. The zero-order valence-corrected chi connectivity index (χ0v) is 13.6. The first-order chi connectivity index (χ1) is 9.16. The number of benzene rings is 1. The number of hydrogen-bond acceptors (Lipinski definition) is 2. The lowest BCUT2D eigenvalue weighted by atomic mass is 9.76. The van der Waals surface area contributed by atoms with Crippen LogP contribution in [-0.4, -0.2) is 38.1 Å². The van der Waals surface area contributed by atoms with Crippen LogP contribution in [0, 0.1) is 0 Å². The molecule has 2 rings (SSSR count). The molecule has 1 fully saturated rings. The molecule has 3 heteroatoms. The van der Waals surface area contributed by atoms with Gasteiger partial charge in [0.15, 0.2) is 0 Å². The van der Waals surface area contributed by atoms with Gasteiger partial charge in [-0.25, -0.2) is 0 Å². The second-order valence-electron chi connectivity index (χ2n) is 5.85. The Hall–Kier alpha value is -0.380. The monoisotopic (exact) mass is 324 g/mol. The SMILES string of the molecule is CN(C)CCCCNC1CC(c2ccccc2Br)C1. The van der Waals surface area contributed by atoms with Crippen LogP contribution in [0.3, 0.4) is 0 Å². The molecule has 0 aromatic heterocycles. The van der Waals surface area contributed by atoms with E-state index in [0.29, 0.717) is 0 Å². The molecule has 0 heterocycles. The molecule has 2 nitrogen and oxygen atoms in total. The van der Waals surface area contributed by atoms with E-state index in [2.05, 4.69) is 64.5 Å². The Morgan fingerprint density at radius 2 is 1.95 bits per heavy atom. The summed E-state index contributed by atoms with van der Waals surface area (Å²) in [5.74, 6) is 0.745. The molecule has 0 bridgehead atoms. The Balaban J connectivity index is 1.60. The summed E-state index contributed by atoms with van der Waals surface area (Å²) < 4.78 is 1.27. The lowest BCUT2D eigenvalue weighted by Gasteiger charge is -2.37. The van der Waals surface area contributed by atoms with Crippen LogP contribution in [-0.2, 0) is 0 Å². The van der Waals surface area contributed by atoms with E-state index >= 15 is 0 Å². The molecule has 1 aromatic carbocycles. The number of rotatable bonds is 7. The summed E-state index contributed by atoms with van der Waals surface area (Å²) in [5, 5.41) is 3.68. The fraction of sp³-hybridized carbons (Fsp3) is 0.625. The second kappa shape index (κ2) is 7.41. The van der Waals surface area contributed by atoms with Crippen molar-refractivity contribution in [1.82, 2.24) is 10.2 Å². The van der Waals surface area contributed by atoms with Crippen LogP contribution in [0.5, 0.6) is 0 Å². The minimum Gasteiger partial charge on any atom is -0.314 e. The van der Waals surface area contributed by atoms with Crippen molar-refractivity contribution in [2.45, 2.75) is 37.6 Å². The third kappa shape index (κ3) is 4.59. The zero-order valence-electron chi connectivity index (χ0n) is 12.0. The molecule has 0 saturated heterocycles. The Morgan fingerprint density at radius 3 is 2.63 bits per heavy atom. The lowest BCUT2D eigenvalue weighted by molar-refractivity contribution is 0.286. The van der Waals surface area contributed by atoms with Crippen molar-refractivity contribution in [2.75, 3.05) is 27.2 Å². The summed E-state index contributed by atoms with van der Waals surface area (Å²) in [6.07, 6.45) is 5.15. The van der Waals surface area contributed by atoms with Crippen LogP contribution in [0.25, 0.3) is 0 Å². The summed E-state index contributed by atoms with van der Waals surface area (Å²) in [4.78, 5) is 2.26. The molecule has 1 aromatic rings. The van der Waals surface area contributed by atoms with E-state index in [4.69, 9.17) is 0 Å². The molecule has 1 N–H and O–H groups in total. The minimum absolute atomic E-state index is 0.733. The van der Waals surface area contributed by atoms with Gasteiger partial charge in [0.1, 0.15) is 0 Å². The average molecular weight is 325 g/mol. The Bertz CT molecular complexity index is 386. The van der Waals surface area contributed by atoms with Gasteiger partial charge in [0.05, 0.1) is 0 Å². The largest absolute Gasteiger partial charge is 0.314 e. The van der Waals surface area contributed by atoms with Crippen molar-refractivity contribution in [3.8, 4) is 0 Å². The maximum absolute atomic E-state index is 3.68. The first-order valence-corrected chi connectivity index (χ1v) is 8.08. The molecule has 0 aliphatic heterocycles. The summed E-state index contributed by atoms with van der Waals surface area (Å²) in [6.45, 7) is 2.37. The first-order valence-electron chi connectivity index (χ1n) is 7.29. The van der Waals surface area contributed by atoms with E-state index in [1.165, 1.54) is 48.8 Å². The third-order valence-electron chi connectivity index (χ3n) is 3.95. The Morgan fingerprint density at radius 1 is 1.21 bits per heavy atom. The highest BCUT2D eigenvalue weighted by molar-refractivity contribution is 9.10.